The Kier molecular flexibility index (Phi) is 13.0. The van der Waals surface area contributed by atoms with E-state index >= 15 is 0 Å². The Labute approximate surface area is 490 Å². The predicted octanol–water partition coefficient (Wildman–Crippen LogP) is 23.6. The van der Waals surface area contributed by atoms with Crippen molar-refractivity contribution in [1.29, 1.82) is 0 Å². The van der Waals surface area contributed by atoms with Crippen molar-refractivity contribution in [2.75, 3.05) is 0 Å². The van der Waals surface area contributed by atoms with Gasteiger partial charge in [0.2, 0.25) is 0 Å². The molecule has 0 saturated heterocycles. The van der Waals surface area contributed by atoms with Crippen molar-refractivity contribution in [2.24, 2.45) is 0 Å². The van der Waals surface area contributed by atoms with E-state index in [0.717, 1.165) is 0 Å². The van der Waals surface area contributed by atoms with Crippen LogP contribution in [0.1, 0.15) is 0 Å². The molecule has 0 aliphatic carbocycles. The molecule has 16 aromatic rings. The smallest absolute Gasteiger partial charge is 0.00987 e. The van der Waals surface area contributed by atoms with E-state index in [1.54, 1.807) is 0 Å². The number of fused-ring (bicyclic) bond motifs is 6. The summed E-state index contributed by atoms with van der Waals surface area (Å²) in [5.41, 5.74) is 20.1. The minimum atomic E-state index is 1.24. The summed E-state index contributed by atoms with van der Waals surface area (Å²) in [4.78, 5) is 0. The zero-order valence-electron chi connectivity index (χ0n) is 46.3. The molecular weight excluding hydrogens is 1010 g/mol. The highest BCUT2D eigenvalue weighted by Crippen LogP contribution is 2.44. The molecule has 0 unspecified atom stereocenters. The molecule has 0 aliphatic rings. The molecule has 0 amide bonds. The molecule has 0 nitrogen and oxygen atoms in total. The van der Waals surface area contributed by atoms with Gasteiger partial charge in [-0.25, -0.2) is 0 Å². The van der Waals surface area contributed by atoms with Crippen molar-refractivity contribution in [2.45, 2.75) is 0 Å². The van der Waals surface area contributed by atoms with Gasteiger partial charge in [0.05, 0.1) is 0 Å². The first-order valence-electron chi connectivity index (χ1n) is 29.1. The maximum atomic E-state index is 2.33. The Morgan fingerprint density at radius 1 is 0.107 bits per heavy atom. The number of hydrogen-bond acceptors (Lipinski definition) is 0. The predicted molar refractivity (Wildman–Crippen MR) is 361 cm³/mol. The van der Waals surface area contributed by atoms with E-state index in [2.05, 4.69) is 340 Å². The highest BCUT2D eigenvalue weighted by atomic mass is 14.2. The third-order valence-corrected chi connectivity index (χ3v) is 17.0. The summed E-state index contributed by atoms with van der Waals surface area (Å²) in [5.74, 6) is 0. The fourth-order valence-electron chi connectivity index (χ4n) is 13.0. The Morgan fingerprint density at radius 2 is 0.321 bits per heavy atom. The topological polar surface area (TPSA) is 0 Å². The molecule has 84 heavy (non-hydrogen) atoms. The lowest BCUT2D eigenvalue weighted by Gasteiger charge is -2.17. The minimum Gasteiger partial charge on any atom is -0.0622 e. The molecule has 0 atom stereocenters. The molecule has 0 saturated carbocycles. The average molecular weight is 1070 g/mol. The number of rotatable bonds is 8. The Balaban J connectivity index is 0.000000143. The van der Waals surface area contributed by atoms with Crippen LogP contribution in [0.5, 0.6) is 0 Å². The fraction of sp³-hybridized carbons (Fsp3) is 0. The summed E-state index contributed by atoms with van der Waals surface area (Å²) in [6, 6.07) is 123. The molecule has 0 aliphatic heterocycles. The highest BCUT2D eigenvalue weighted by molar-refractivity contribution is 6.16. The normalized spacial score (nSPS) is 11.3. The summed E-state index contributed by atoms with van der Waals surface area (Å²) in [6.07, 6.45) is 0. The van der Waals surface area contributed by atoms with Crippen LogP contribution >= 0.6 is 0 Å². The number of benzene rings is 16. The Hall–Kier alpha value is -10.9. The fourth-order valence-corrected chi connectivity index (χ4v) is 13.0. The first kappa shape index (κ1) is 50.1. The van der Waals surface area contributed by atoms with E-state index in [1.165, 1.54) is 154 Å². The lowest BCUT2D eigenvalue weighted by molar-refractivity contribution is 1.63. The van der Waals surface area contributed by atoms with Crippen LogP contribution in [0.25, 0.3) is 154 Å². The van der Waals surface area contributed by atoms with E-state index in [1.807, 2.05) is 0 Å². The van der Waals surface area contributed by atoms with E-state index in [9.17, 15) is 0 Å². The van der Waals surface area contributed by atoms with Crippen molar-refractivity contribution < 1.29 is 0 Å². The molecule has 16 rings (SSSR count). The zero-order chi connectivity index (χ0) is 55.8. The second-order valence-corrected chi connectivity index (χ2v) is 21.8. The number of hydrogen-bond donors (Lipinski definition) is 0. The standard InChI is InChI=1S/2C42H28/c1-3-13-29(14-4-1)31-25-27-41(35-19-9-7-17-33(31)35)39-23-11-22-38-37(39)21-12-24-40(38)42-28-26-32(30-15-5-2-6-16-30)34-18-8-10-20-36(34)42;1-3-11-29(12-4-1)31-21-22-33-28-34(24-23-32(33)27-31)35-17-9-19-40-38(35)18-10-20-41(40)42-26-25-36(30-13-5-2-6-14-30)37-15-7-8-16-39(37)42/h2*1-28H. The monoisotopic (exact) mass is 1060 g/mol. The lowest BCUT2D eigenvalue weighted by Crippen LogP contribution is -1.90. The van der Waals surface area contributed by atoms with Crippen LogP contribution in [-0.4, -0.2) is 0 Å². The van der Waals surface area contributed by atoms with Gasteiger partial charge in [-0.05, 0) is 166 Å². The summed E-state index contributed by atoms with van der Waals surface area (Å²) in [7, 11) is 0. The lowest BCUT2D eigenvalue weighted by atomic mass is 9.87. The SMILES string of the molecule is c1ccc(-c2ccc(-c3cccc4c(-c5ccc(-c6ccccc6)c6ccccc56)cccc34)c3ccccc23)cc1.c1ccc(-c2ccc3cc(-c4cccc5c(-c6ccc(-c7ccccc7)c7ccccc67)cccc45)ccc3c2)cc1. The molecule has 0 heterocycles. The van der Waals surface area contributed by atoms with Gasteiger partial charge < -0.3 is 0 Å². The van der Waals surface area contributed by atoms with Gasteiger partial charge in [0.15, 0.2) is 0 Å². The van der Waals surface area contributed by atoms with Crippen LogP contribution in [0.2, 0.25) is 0 Å². The highest BCUT2D eigenvalue weighted by Gasteiger charge is 2.17. The summed E-state index contributed by atoms with van der Waals surface area (Å²) in [5, 5.41) is 15.2. The molecule has 0 spiro atoms. The van der Waals surface area contributed by atoms with Gasteiger partial charge >= 0.3 is 0 Å². The molecule has 0 radical (unpaired) electrons. The summed E-state index contributed by atoms with van der Waals surface area (Å²) in [6.45, 7) is 0. The van der Waals surface area contributed by atoms with Crippen molar-refractivity contribution in [3.05, 3.63) is 340 Å². The van der Waals surface area contributed by atoms with Gasteiger partial charge in [-0.1, -0.05) is 328 Å². The van der Waals surface area contributed by atoms with Crippen LogP contribution in [-0.2, 0) is 0 Å². The molecular formula is C84H56. The first-order chi connectivity index (χ1) is 41.7. The van der Waals surface area contributed by atoms with Gasteiger partial charge in [0.25, 0.3) is 0 Å². The third kappa shape index (κ3) is 9.17. The van der Waals surface area contributed by atoms with Crippen molar-refractivity contribution in [1.82, 2.24) is 0 Å². The average Bonchev–Trinajstić information content (AvgIpc) is 3.07. The van der Waals surface area contributed by atoms with Crippen molar-refractivity contribution >= 4 is 64.6 Å². The summed E-state index contributed by atoms with van der Waals surface area (Å²) >= 11 is 0. The first-order valence-corrected chi connectivity index (χ1v) is 29.1. The summed E-state index contributed by atoms with van der Waals surface area (Å²) < 4.78 is 0. The van der Waals surface area contributed by atoms with E-state index in [0.29, 0.717) is 0 Å². The van der Waals surface area contributed by atoms with Crippen LogP contribution in [0, 0.1) is 0 Å². The molecule has 0 fully saturated rings. The van der Waals surface area contributed by atoms with Gasteiger partial charge in [-0.2, -0.15) is 0 Å². The van der Waals surface area contributed by atoms with Crippen molar-refractivity contribution in [3.8, 4) is 89.0 Å². The Bertz CT molecular complexity index is 4940. The molecule has 0 bridgehead atoms. The minimum absolute atomic E-state index is 1.24. The molecule has 392 valence electrons. The maximum absolute atomic E-state index is 2.33. The molecule has 0 N–H and O–H groups in total. The van der Waals surface area contributed by atoms with Gasteiger partial charge in [-0.3, -0.25) is 0 Å². The van der Waals surface area contributed by atoms with Crippen molar-refractivity contribution in [3.63, 3.8) is 0 Å². The largest absolute Gasteiger partial charge is 0.0622 e. The molecule has 16 aromatic carbocycles. The van der Waals surface area contributed by atoms with E-state index in [4.69, 9.17) is 0 Å². The van der Waals surface area contributed by atoms with Gasteiger partial charge in [0, 0.05) is 0 Å². The Morgan fingerprint density at radius 3 is 0.655 bits per heavy atom. The molecule has 0 aromatic heterocycles. The maximum Gasteiger partial charge on any atom is -0.00987 e. The van der Waals surface area contributed by atoms with Crippen LogP contribution < -0.4 is 0 Å². The van der Waals surface area contributed by atoms with E-state index < -0.39 is 0 Å². The van der Waals surface area contributed by atoms with Crippen LogP contribution in [0.3, 0.4) is 0 Å². The third-order valence-electron chi connectivity index (χ3n) is 17.0. The van der Waals surface area contributed by atoms with Crippen LogP contribution in [0.4, 0.5) is 0 Å². The second-order valence-electron chi connectivity index (χ2n) is 21.8. The molecule has 0 heteroatoms. The van der Waals surface area contributed by atoms with Crippen LogP contribution in [0.15, 0.2) is 340 Å². The second kappa shape index (κ2) is 21.9. The van der Waals surface area contributed by atoms with Gasteiger partial charge in [-0.15, -0.1) is 0 Å². The van der Waals surface area contributed by atoms with Gasteiger partial charge in [0.1, 0.15) is 0 Å². The zero-order valence-corrected chi connectivity index (χ0v) is 46.3. The quantitative estimate of drug-likeness (QED) is 0.142. The van der Waals surface area contributed by atoms with E-state index in [-0.39, 0.29) is 0 Å².